The number of aliphatic hydroxyl groups excluding tert-OH is 1. The van der Waals surface area contributed by atoms with E-state index in [1.54, 1.807) is 4.68 Å². The van der Waals surface area contributed by atoms with Crippen LogP contribution in [0, 0.1) is 6.92 Å². The summed E-state index contributed by atoms with van der Waals surface area (Å²) < 4.78 is 12.4. The van der Waals surface area contributed by atoms with Gasteiger partial charge in [0.2, 0.25) is 6.79 Å². The van der Waals surface area contributed by atoms with Crippen LogP contribution in [0.5, 0.6) is 11.5 Å². The van der Waals surface area contributed by atoms with Crippen molar-refractivity contribution in [2.24, 2.45) is 7.05 Å². The molecule has 0 saturated heterocycles. The quantitative estimate of drug-likeness (QED) is 0.868. The molecule has 1 aromatic heterocycles. The van der Waals surface area contributed by atoms with Crippen molar-refractivity contribution in [2.45, 2.75) is 19.6 Å². The Kier molecular flexibility index (Phi) is 3.81. The molecule has 0 amide bonds. The molecular weight excluding hydrogens is 270 g/mol. The lowest BCUT2D eigenvalue weighted by Crippen LogP contribution is -2.21. The van der Waals surface area contributed by atoms with Crippen molar-refractivity contribution in [1.29, 1.82) is 0 Å². The Bertz CT molecular complexity index is 639. The van der Waals surface area contributed by atoms with Gasteiger partial charge in [0, 0.05) is 31.9 Å². The normalized spacial score (nSPS) is 14.4. The molecule has 1 aliphatic heterocycles. The van der Waals surface area contributed by atoms with E-state index in [0.717, 1.165) is 22.6 Å². The third-order valence-corrected chi connectivity index (χ3v) is 3.55. The van der Waals surface area contributed by atoms with Crippen LogP contribution >= 0.6 is 0 Å². The molecule has 0 bridgehead atoms. The van der Waals surface area contributed by atoms with Gasteiger partial charge in [0.1, 0.15) is 0 Å². The lowest BCUT2D eigenvalue weighted by atomic mass is 10.1. The molecule has 6 heteroatoms. The first-order chi connectivity index (χ1) is 10.1. The van der Waals surface area contributed by atoms with Crippen LogP contribution < -0.4 is 14.8 Å². The minimum absolute atomic E-state index is 0.243. The highest BCUT2D eigenvalue weighted by Gasteiger charge is 2.16. The molecular formula is C15H19N3O3. The summed E-state index contributed by atoms with van der Waals surface area (Å²) in [6.07, 6.45) is 1.39. The van der Waals surface area contributed by atoms with Crippen LogP contribution in [0.4, 0.5) is 0 Å². The number of hydrogen-bond donors (Lipinski definition) is 2. The summed E-state index contributed by atoms with van der Waals surface area (Å²) in [7, 11) is 1.90. The molecule has 112 valence electrons. The molecule has 0 spiro atoms. The molecule has 0 fully saturated rings. The zero-order valence-electron chi connectivity index (χ0n) is 12.2. The van der Waals surface area contributed by atoms with Crippen molar-refractivity contribution in [3.63, 3.8) is 0 Å². The Morgan fingerprint density at radius 1 is 1.38 bits per heavy atom. The third-order valence-electron chi connectivity index (χ3n) is 3.55. The second-order valence-electron chi connectivity index (χ2n) is 5.17. The summed E-state index contributed by atoms with van der Waals surface area (Å²) in [5.41, 5.74) is 2.95. The van der Waals surface area contributed by atoms with E-state index in [0.29, 0.717) is 18.8 Å². The van der Waals surface area contributed by atoms with Crippen molar-refractivity contribution in [1.82, 2.24) is 15.1 Å². The number of ether oxygens (including phenoxy) is 2. The van der Waals surface area contributed by atoms with Gasteiger partial charge in [-0.15, -0.1) is 0 Å². The standard InChI is InChI=1S/C15H19N3O3/c1-10-12(8-18(2)17-10)6-16-7-13(19)11-3-4-14-15(5-11)21-9-20-14/h3-5,8,13,16,19H,6-7,9H2,1-2H3. The smallest absolute Gasteiger partial charge is 0.231 e. The second kappa shape index (κ2) is 5.75. The Balaban J connectivity index is 1.57. The summed E-state index contributed by atoms with van der Waals surface area (Å²) in [6, 6.07) is 5.51. The van der Waals surface area contributed by atoms with Crippen LogP contribution in [0.1, 0.15) is 22.9 Å². The number of aromatic nitrogens is 2. The first-order valence-electron chi connectivity index (χ1n) is 6.91. The number of benzene rings is 1. The molecule has 1 unspecified atom stereocenters. The molecule has 2 aromatic rings. The van der Waals surface area contributed by atoms with Crippen LogP contribution in [-0.4, -0.2) is 28.2 Å². The van der Waals surface area contributed by atoms with Crippen LogP contribution in [0.15, 0.2) is 24.4 Å². The number of nitrogens with one attached hydrogen (secondary N) is 1. The maximum Gasteiger partial charge on any atom is 0.231 e. The summed E-state index contributed by atoms with van der Waals surface area (Å²) >= 11 is 0. The molecule has 0 saturated carbocycles. The lowest BCUT2D eigenvalue weighted by Gasteiger charge is -2.12. The predicted molar refractivity (Wildman–Crippen MR) is 77.2 cm³/mol. The number of nitrogens with zero attached hydrogens (tertiary/aromatic N) is 2. The van der Waals surface area contributed by atoms with E-state index in [9.17, 15) is 5.11 Å². The van der Waals surface area contributed by atoms with E-state index in [1.165, 1.54) is 0 Å². The fraction of sp³-hybridized carbons (Fsp3) is 0.400. The fourth-order valence-corrected chi connectivity index (χ4v) is 2.40. The first-order valence-corrected chi connectivity index (χ1v) is 6.91. The highest BCUT2D eigenvalue weighted by Crippen LogP contribution is 2.34. The van der Waals surface area contributed by atoms with Crippen molar-refractivity contribution < 1.29 is 14.6 Å². The van der Waals surface area contributed by atoms with E-state index in [2.05, 4.69) is 10.4 Å². The number of aliphatic hydroxyl groups is 1. The molecule has 1 aromatic carbocycles. The van der Waals surface area contributed by atoms with Crippen LogP contribution in [0.25, 0.3) is 0 Å². The molecule has 0 aliphatic carbocycles. The topological polar surface area (TPSA) is 68.5 Å². The number of aryl methyl sites for hydroxylation is 2. The molecule has 1 atom stereocenters. The summed E-state index contributed by atoms with van der Waals surface area (Å²) in [6.45, 7) is 3.37. The molecule has 3 rings (SSSR count). The van der Waals surface area contributed by atoms with E-state index < -0.39 is 6.10 Å². The van der Waals surface area contributed by atoms with Gasteiger partial charge in [-0.1, -0.05) is 6.07 Å². The number of hydrogen-bond acceptors (Lipinski definition) is 5. The van der Waals surface area contributed by atoms with Gasteiger partial charge in [-0.05, 0) is 24.6 Å². The predicted octanol–water partition coefficient (Wildman–Crippen LogP) is 1.28. The molecule has 0 radical (unpaired) electrons. The monoisotopic (exact) mass is 289 g/mol. The van der Waals surface area contributed by atoms with Gasteiger partial charge in [-0.3, -0.25) is 4.68 Å². The highest BCUT2D eigenvalue weighted by atomic mass is 16.7. The Morgan fingerprint density at radius 3 is 2.95 bits per heavy atom. The maximum absolute atomic E-state index is 10.2. The van der Waals surface area contributed by atoms with Gasteiger partial charge >= 0.3 is 0 Å². The molecule has 21 heavy (non-hydrogen) atoms. The second-order valence-corrected chi connectivity index (χ2v) is 5.17. The van der Waals surface area contributed by atoms with Gasteiger partial charge in [-0.2, -0.15) is 5.10 Å². The fourth-order valence-electron chi connectivity index (χ4n) is 2.40. The van der Waals surface area contributed by atoms with Gasteiger partial charge in [0.05, 0.1) is 11.8 Å². The summed E-state index contributed by atoms with van der Waals surface area (Å²) in [4.78, 5) is 0. The molecule has 2 heterocycles. The van der Waals surface area contributed by atoms with E-state index >= 15 is 0 Å². The Hall–Kier alpha value is -2.05. The largest absolute Gasteiger partial charge is 0.454 e. The zero-order chi connectivity index (χ0) is 14.8. The summed E-state index contributed by atoms with van der Waals surface area (Å²) in [5, 5.41) is 17.8. The van der Waals surface area contributed by atoms with E-state index in [-0.39, 0.29) is 6.79 Å². The van der Waals surface area contributed by atoms with E-state index in [4.69, 9.17) is 9.47 Å². The summed E-state index contributed by atoms with van der Waals surface area (Å²) in [5.74, 6) is 1.42. The van der Waals surface area contributed by atoms with Gasteiger partial charge < -0.3 is 19.9 Å². The lowest BCUT2D eigenvalue weighted by molar-refractivity contribution is 0.170. The van der Waals surface area contributed by atoms with Gasteiger partial charge in [-0.25, -0.2) is 0 Å². The van der Waals surface area contributed by atoms with Gasteiger partial charge in [0.25, 0.3) is 0 Å². The van der Waals surface area contributed by atoms with Crippen molar-refractivity contribution in [2.75, 3.05) is 13.3 Å². The Morgan fingerprint density at radius 2 is 2.19 bits per heavy atom. The minimum Gasteiger partial charge on any atom is -0.454 e. The molecule has 6 nitrogen and oxygen atoms in total. The average Bonchev–Trinajstić information content (AvgIpc) is 3.04. The number of fused-ring (bicyclic) bond motifs is 1. The molecule has 2 N–H and O–H groups in total. The SMILES string of the molecule is Cc1nn(C)cc1CNCC(O)c1ccc2c(c1)OCO2. The minimum atomic E-state index is -0.587. The van der Waals surface area contributed by atoms with Gasteiger partial charge in [0.15, 0.2) is 11.5 Å². The average molecular weight is 289 g/mol. The van der Waals surface area contributed by atoms with E-state index in [1.807, 2.05) is 38.4 Å². The van der Waals surface area contributed by atoms with Crippen molar-refractivity contribution in [3.8, 4) is 11.5 Å². The van der Waals surface area contributed by atoms with Crippen molar-refractivity contribution in [3.05, 3.63) is 41.2 Å². The highest BCUT2D eigenvalue weighted by molar-refractivity contribution is 5.45. The zero-order valence-corrected chi connectivity index (χ0v) is 12.2. The third kappa shape index (κ3) is 3.01. The van der Waals surface area contributed by atoms with Crippen LogP contribution in [0.3, 0.4) is 0 Å². The first kappa shape index (κ1) is 13.9. The maximum atomic E-state index is 10.2. The number of rotatable bonds is 5. The van der Waals surface area contributed by atoms with Crippen LogP contribution in [0.2, 0.25) is 0 Å². The molecule has 1 aliphatic rings. The van der Waals surface area contributed by atoms with Crippen molar-refractivity contribution >= 4 is 0 Å². The Labute approximate surface area is 123 Å². The van der Waals surface area contributed by atoms with Crippen LogP contribution in [-0.2, 0) is 13.6 Å².